The van der Waals surface area contributed by atoms with Crippen LogP contribution in [0.15, 0.2) is 32.4 Å². The van der Waals surface area contributed by atoms with Crippen molar-refractivity contribution in [3.05, 3.63) is 29.9 Å². The van der Waals surface area contributed by atoms with Gasteiger partial charge >= 0.3 is 0 Å². The molecule has 0 radical (unpaired) electrons. The average Bonchev–Trinajstić information content (AvgIpc) is 3.33. The number of fused-ring (bicyclic) bond motifs is 1. The van der Waals surface area contributed by atoms with Gasteiger partial charge in [-0.1, -0.05) is 23.8 Å². The summed E-state index contributed by atoms with van der Waals surface area (Å²) in [6.45, 7) is 2.30. The SMILES string of the molecule is CCCc1noc(CSc2nnc(-c3ccc4c(c3)OCO4)o2)n1. The molecule has 9 heteroatoms. The van der Waals surface area contributed by atoms with E-state index in [-0.39, 0.29) is 6.79 Å². The zero-order chi connectivity index (χ0) is 16.4. The number of hydrogen-bond donors (Lipinski definition) is 0. The zero-order valence-electron chi connectivity index (χ0n) is 12.9. The summed E-state index contributed by atoms with van der Waals surface area (Å²) in [5.41, 5.74) is 0.779. The predicted octanol–water partition coefficient (Wildman–Crippen LogP) is 3.09. The molecule has 0 atom stereocenters. The third-order valence-electron chi connectivity index (χ3n) is 3.33. The summed E-state index contributed by atoms with van der Waals surface area (Å²) < 4.78 is 21.5. The van der Waals surface area contributed by atoms with Crippen LogP contribution in [0.2, 0.25) is 0 Å². The van der Waals surface area contributed by atoms with Gasteiger partial charge in [0.05, 0.1) is 5.75 Å². The van der Waals surface area contributed by atoms with Crippen molar-refractivity contribution in [1.82, 2.24) is 20.3 Å². The summed E-state index contributed by atoms with van der Waals surface area (Å²) >= 11 is 1.35. The predicted molar refractivity (Wildman–Crippen MR) is 83.7 cm³/mol. The van der Waals surface area contributed by atoms with Crippen molar-refractivity contribution >= 4 is 11.8 Å². The van der Waals surface area contributed by atoms with Gasteiger partial charge in [-0.2, -0.15) is 4.98 Å². The number of thioether (sulfide) groups is 1. The summed E-state index contributed by atoms with van der Waals surface area (Å²) in [7, 11) is 0. The average molecular weight is 346 g/mol. The molecule has 1 aliphatic rings. The van der Waals surface area contributed by atoms with Gasteiger partial charge in [0, 0.05) is 12.0 Å². The van der Waals surface area contributed by atoms with Crippen LogP contribution in [-0.4, -0.2) is 27.1 Å². The van der Waals surface area contributed by atoms with Gasteiger partial charge in [0.25, 0.3) is 5.22 Å². The molecule has 0 N–H and O–H groups in total. The van der Waals surface area contributed by atoms with Crippen LogP contribution >= 0.6 is 11.8 Å². The molecule has 2 aromatic heterocycles. The standard InChI is InChI=1S/C15H14N4O4S/c1-2-3-12-16-13(23-19-12)7-24-15-18-17-14(22-15)9-4-5-10-11(6-9)21-8-20-10/h4-6H,2-3,7-8H2,1H3. The molecule has 8 nitrogen and oxygen atoms in total. The molecule has 1 aromatic carbocycles. The summed E-state index contributed by atoms with van der Waals surface area (Å²) in [4.78, 5) is 4.30. The lowest BCUT2D eigenvalue weighted by Gasteiger charge is -1.97. The van der Waals surface area contributed by atoms with Crippen molar-refractivity contribution in [3.8, 4) is 23.0 Å². The molecule has 0 aliphatic carbocycles. The van der Waals surface area contributed by atoms with Gasteiger partial charge in [0.15, 0.2) is 17.3 Å². The lowest BCUT2D eigenvalue weighted by molar-refractivity contribution is 0.174. The number of aryl methyl sites for hydroxylation is 1. The Morgan fingerprint density at radius 2 is 2.08 bits per heavy atom. The molecule has 1 aliphatic heterocycles. The van der Waals surface area contributed by atoms with Gasteiger partial charge in [-0.15, -0.1) is 10.2 Å². The molecule has 3 aromatic rings. The molecule has 0 saturated heterocycles. The van der Waals surface area contributed by atoms with Crippen LogP contribution in [0, 0.1) is 0 Å². The van der Waals surface area contributed by atoms with Crippen molar-refractivity contribution < 1.29 is 18.4 Å². The van der Waals surface area contributed by atoms with E-state index in [4.69, 9.17) is 18.4 Å². The molecule has 0 amide bonds. The smallest absolute Gasteiger partial charge is 0.277 e. The van der Waals surface area contributed by atoms with Gasteiger partial charge < -0.3 is 18.4 Å². The van der Waals surface area contributed by atoms with E-state index in [1.165, 1.54) is 11.8 Å². The highest BCUT2D eigenvalue weighted by molar-refractivity contribution is 7.98. The lowest BCUT2D eigenvalue weighted by Crippen LogP contribution is -1.92. The maximum absolute atomic E-state index is 5.66. The largest absolute Gasteiger partial charge is 0.454 e. The van der Waals surface area contributed by atoms with Crippen LogP contribution < -0.4 is 9.47 Å². The second-order valence-corrected chi connectivity index (χ2v) is 6.01. The number of ether oxygens (including phenoxy) is 2. The van der Waals surface area contributed by atoms with E-state index in [0.29, 0.717) is 34.3 Å². The van der Waals surface area contributed by atoms with Crippen molar-refractivity contribution in [2.75, 3.05) is 6.79 Å². The highest BCUT2D eigenvalue weighted by Gasteiger charge is 2.17. The molecular weight excluding hydrogens is 332 g/mol. The van der Waals surface area contributed by atoms with E-state index in [1.54, 1.807) is 0 Å². The van der Waals surface area contributed by atoms with Crippen molar-refractivity contribution in [2.24, 2.45) is 0 Å². The molecule has 0 unspecified atom stereocenters. The van der Waals surface area contributed by atoms with E-state index in [9.17, 15) is 0 Å². The minimum atomic E-state index is 0.230. The fourth-order valence-corrected chi connectivity index (χ4v) is 2.81. The van der Waals surface area contributed by atoms with Crippen LogP contribution in [0.4, 0.5) is 0 Å². The summed E-state index contributed by atoms with van der Waals surface area (Å²) in [5, 5.41) is 12.4. The summed E-state index contributed by atoms with van der Waals surface area (Å²) in [6.07, 6.45) is 1.79. The highest BCUT2D eigenvalue weighted by Crippen LogP contribution is 2.36. The highest BCUT2D eigenvalue weighted by atomic mass is 32.2. The van der Waals surface area contributed by atoms with E-state index >= 15 is 0 Å². The maximum atomic E-state index is 5.66. The van der Waals surface area contributed by atoms with Crippen molar-refractivity contribution in [1.29, 1.82) is 0 Å². The monoisotopic (exact) mass is 346 g/mol. The summed E-state index contributed by atoms with van der Waals surface area (Å²) in [6, 6.07) is 5.49. The molecule has 4 rings (SSSR count). The number of nitrogens with zero attached hydrogens (tertiary/aromatic N) is 4. The Bertz CT molecular complexity index is 848. The number of hydrogen-bond acceptors (Lipinski definition) is 9. The van der Waals surface area contributed by atoms with E-state index in [1.807, 2.05) is 18.2 Å². The van der Waals surface area contributed by atoms with E-state index in [0.717, 1.165) is 24.2 Å². The molecule has 3 heterocycles. The Morgan fingerprint density at radius 1 is 1.17 bits per heavy atom. The van der Waals surface area contributed by atoms with E-state index in [2.05, 4.69) is 27.3 Å². The van der Waals surface area contributed by atoms with Gasteiger partial charge in [-0.3, -0.25) is 0 Å². The van der Waals surface area contributed by atoms with Crippen molar-refractivity contribution in [2.45, 2.75) is 30.7 Å². The normalized spacial score (nSPS) is 12.7. The minimum Gasteiger partial charge on any atom is -0.454 e. The quantitative estimate of drug-likeness (QED) is 0.624. The van der Waals surface area contributed by atoms with Crippen molar-refractivity contribution in [3.63, 3.8) is 0 Å². The number of aromatic nitrogens is 4. The molecule has 0 fully saturated rings. The Balaban J connectivity index is 1.42. The minimum absolute atomic E-state index is 0.230. The first-order valence-corrected chi connectivity index (χ1v) is 8.48. The third kappa shape index (κ3) is 3.07. The Hall–Kier alpha value is -2.55. The fourth-order valence-electron chi connectivity index (χ4n) is 2.21. The second kappa shape index (κ2) is 6.52. The van der Waals surface area contributed by atoms with Crippen LogP contribution in [0.1, 0.15) is 25.1 Å². The van der Waals surface area contributed by atoms with Crippen LogP contribution in [0.5, 0.6) is 11.5 Å². The Kier molecular flexibility index (Phi) is 4.08. The molecule has 0 bridgehead atoms. The van der Waals surface area contributed by atoms with Crippen LogP contribution in [0.3, 0.4) is 0 Å². The topological polar surface area (TPSA) is 96.3 Å². The first-order chi connectivity index (χ1) is 11.8. The van der Waals surface area contributed by atoms with Crippen LogP contribution in [-0.2, 0) is 12.2 Å². The van der Waals surface area contributed by atoms with Gasteiger partial charge in [-0.05, 0) is 24.6 Å². The first kappa shape index (κ1) is 15.0. The molecular formula is C15H14N4O4S. The molecule has 24 heavy (non-hydrogen) atoms. The lowest BCUT2D eigenvalue weighted by atomic mass is 10.2. The molecule has 124 valence electrons. The van der Waals surface area contributed by atoms with Gasteiger partial charge in [0.2, 0.25) is 18.6 Å². The second-order valence-electron chi connectivity index (χ2n) is 5.08. The Labute approximate surface area is 141 Å². The van der Waals surface area contributed by atoms with E-state index < -0.39 is 0 Å². The Morgan fingerprint density at radius 3 is 3.00 bits per heavy atom. The fraction of sp³-hybridized carbons (Fsp3) is 0.333. The number of rotatable bonds is 6. The summed E-state index contributed by atoms with van der Waals surface area (Å²) in [5.74, 6) is 3.57. The molecule has 0 spiro atoms. The zero-order valence-corrected chi connectivity index (χ0v) is 13.7. The first-order valence-electron chi connectivity index (χ1n) is 7.49. The number of benzene rings is 1. The van der Waals surface area contributed by atoms with Crippen LogP contribution in [0.25, 0.3) is 11.5 Å². The van der Waals surface area contributed by atoms with Gasteiger partial charge in [0.1, 0.15) is 0 Å². The van der Waals surface area contributed by atoms with Gasteiger partial charge in [-0.25, -0.2) is 0 Å². The molecule has 0 saturated carbocycles. The maximum Gasteiger partial charge on any atom is 0.277 e. The third-order valence-corrected chi connectivity index (χ3v) is 4.13.